The van der Waals surface area contributed by atoms with Gasteiger partial charge in [0.1, 0.15) is 5.65 Å². The molecule has 0 aromatic carbocycles. The van der Waals surface area contributed by atoms with Gasteiger partial charge in [-0.25, -0.2) is 4.98 Å². The fourth-order valence-corrected chi connectivity index (χ4v) is 4.61. The predicted octanol–water partition coefficient (Wildman–Crippen LogP) is 3.75. The van der Waals surface area contributed by atoms with Gasteiger partial charge in [0.15, 0.2) is 0 Å². The van der Waals surface area contributed by atoms with Crippen LogP contribution in [0.5, 0.6) is 0 Å². The third kappa shape index (κ3) is 3.35. The lowest BCUT2D eigenvalue weighted by Crippen LogP contribution is -2.37. The molecule has 27 heavy (non-hydrogen) atoms. The Kier molecular flexibility index (Phi) is 4.38. The van der Waals surface area contributed by atoms with E-state index in [9.17, 15) is 0 Å². The smallest absolute Gasteiger partial charge is 0.137 e. The van der Waals surface area contributed by atoms with Crippen LogP contribution in [0.3, 0.4) is 0 Å². The van der Waals surface area contributed by atoms with Crippen molar-refractivity contribution in [3.05, 3.63) is 53.4 Å². The molecular formula is C21H23ClN4O. The number of ether oxygens (including phenoxy) is 1. The minimum atomic E-state index is 0.266. The molecule has 2 fully saturated rings. The Hall–Kier alpha value is -1.95. The van der Waals surface area contributed by atoms with Crippen LogP contribution in [0.2, 0.25) is 5.02 Å². The highest BCUT2D eigenvalue weighted by atomic mass is 35.5. The summed E-state index contributed by atoms with van der Waals surface area (Å²) in [5.41, 5.74) is 4.19. The maximum Gasteiger partial charge on any atom is 0.137 e. The van der Waals surface area contributed by atoms with Gasteiger partial charge in [-0.15, -0.1) is 0 Å². The van der Waals surface area contributed by atoms with Crippen molar-refractivity contribution in [1.29, 1.82) is 0 Å². The first-order valence-corrected chi connectivity index (χ1v) is 10.00. The number of piperidine rings is 1. The van der Waals surface area contributed by atoms with Gasteiger partial charge in [0, 0.05) is 18.3 Å². The molecule has 5 heterocycles. The van der Waals surface area contributed by atoms with Gasteiger partial charge < -0.3 is 10.1 Å². The van der Waals surface area contributed by atoms with Crippen molar-refractivity contribution >= 4 is 17.2 Å². The highest BCUT2D eigenvalue weighted by molar-refractivity contribution is 6.30. The van der Waals surface area contributed by atoms with Crippen molar-refractivity contribution in [2.45, 2.75) is 31.8 Å². The fourth-order valence-electron chi connectivity index (χ4n) is 4.45. The standard InChI is InChI=1S/C21H23ClN4O/c22-15-4-5-20-24-12-19(26(20)13-15)18-3-1-2-16(25-18)10-17-11-21(14-27-17)6-8-23-9-7-21/h1-5,12-13,17,23H,6-11,14H2/t17-/m1/s1. The summed E-state index contributed by atoms with van der Waals surface area (Å²) >= 11 is 6.16. The lowest BCUT2D eigenvalue weighted by molar-refractivity contribution is 0.0863. The molecule has 6 heteroatoms. The Balaban J connectivity index is 1.37. The van der Waals surface area contributed by atoms with Crippen LogP contribution in [0.1, 0.15) is 25.0 Å². The number of hydrogen-bond acceptors (Lipinski definition) is 4. The minimum absolute atomic E-state index is 0.266. The van der Waals surface area contributed by atoms with Gasteiger partial charge in [-0.1, -0.05) is 17.7 Å². The molecule has 5 nitrogen and oxygen atoms in total. The van der Waals surface area contributed by atoms with Crippen LogP contribution in [0.15, 0.2) is 42.7 Å². The molecule has 0 radical (unpaired) electrons. The average Bonchev–Trinajstić information content (AvgIpc) is 3.27. The summed E-state index contributed by atoms with van der Waals surface area (Å²) in [7, 11) is 0. The summed E-state index contributed by atoms with van der Waals surface area (Å²) in [5, 5.41) is 4.14. The van der Waals surface area contributed by atoms with E-state index in [1.54, 1.807) is 0 Å². The number of pyridine rings is 2. The summed E-state index contributed by atoms with van der Waals surface area (Å²) in [6.07, 6.45) is 8.45. The maximum atomic E-state index is 6.16. The molecule has 0 aliphatic carbocycles. The maximum absolute atomic E-state index is 6.16. The average molecular weight is 383 g/mol. The molecule has 0 unspecified atom stereocenters. The molecule has 2 aliphatic heterocycles. The van der Waals surface area contributed by atoms with E-state index in [0.717, 1.165) is 55.3 Å². The van der Waals surface area contributed by atoms with Gasteiger partial charge in [-0.05, 0) is 62.0 Å². The van der Waals surface area contributed by atoms with E-state index in [2.05, 4.69) is 22.4 Å². The van der Waals surface area contributed by atoms with Crippen LogP contribution in [0.4, 0.5) is 0 Å². The molecule has 2 saturated heterocycles. The molecule has 3 aromatic rings. The predicted molar refractivity (Wildman–Crippen MR) is 106 cm³/mol. The van der Waals surface area contributed by atoms with E-state index in [0.29, 0.717) is 10.4 Å². The van der Waals surface area contributed by atoms with Crippen molar-refractivity contribution in [3.63, 3.8) is 0 Å². The molecule has 1 spiro atoms. The highest BCUT2D eigenvalue weighted by Crippen LogP contribution is 2.41. The first-order chi connectivity index (χ1) is 13.2. The van der Waals surface area contributed by atoms with E-state index < -0.39 is 0 Å². The lowest BCUT2D eigenvalue weighted by atomic mass is 9.77. The second-order valence-corrected chi connectivity index (χ2v) is 8.26. The van der Waals surface area contributed by atoms with Crippen molar-refractivity contribution in [2.75, 3.05) is 19.7 Å². The zero-order valence-electron chi connectivity index (χ0n) is 15.2. The molecule has 1 N–H and O–H groups in total. The Bertz CT molecular complexity index is 964. The van der Waals surface area contributed by atoms with E-state index in [4.69, 9.17) is 21.3 Å². The normalized spacial score (nSPS) is 21.9. The van der Waals surface area contributed by atoms with Crippen molar-refractivity contribution in [3.8, 4) is 11.4 Å². The minimum Gasteiger partial charge on any atom is -0.377 e. The number of hydrogen-bond donors (Lipinski definition) is 1. The monoisotopic (exact) mass is 382 g/mol. The van der Waals surface area contributed by atoms with E-state index >= 15 is 0 Å². The Morgan fingerprint density at radius 2 is 2.11 bits per heavy atom. The lowest BCUT2D eigenvalue weighted by Gasteiger charge is -2.32. The third-order valence-corrected chi connectivity index (χ3v) is 6.15. The van der Waals surface area contributed by atoms with Gasteiger partial charge in [0.2, 0.25) is 0 Å². The summed E-state index contributed by atoms with van der Waals surface area (Å²) < 4.78 is 8.15. The van der Waals surface area contributed by atoms with E-state index in [1.807, 2.05) is 35.0 Å². The summed E-state index contributed by atoms with van der Waals surface area (Å²) in [4.78, 5) is 9.36. The quantitative estimate of drug-likeness (QED) is 0.749. The Morgan fingerprint density at radius 1 is 1.22 bits per heavy atom. The number of imidazole rings is 1. The van der Waals surface area contributed by atoms with Gasteiger partial charge >= 0.3 is 0 Å². The molecule has 0 saturated carbocycles. The zero-order valence-corrected chi connectivity index (χ0v) is 16.0. The van der Waals surface area contributed by atoms with Crippen LogP contribution in [-0.2, 0) is 11.2 Å². The number of rotatable bonds is 3. The van der Waals surface area contributed by atoms with Crippen LogP contribution < -0.4 is 5.32 Å². The summed E-state index contributed by atoms with van der Waals surface area (Å²) in [5.74, 6) is 0. The molecule has 140 valence electrons. The molecule has 3 aromatic heterocycles. The van der Waals surface area contributed by atoms with E-state index in [1.165, 1.54) is 12.8 Å². The summed E-state index contributed by atoms with van der Waals surface area (Å²) in [6, 6.07) is 9.96. The van der Waals surface area contributed by atoms with Crippen molar-refractivity contribution < 1.29 is 4.74 Å². The van der Waals surface area contributed by atoms with Gasteiger partial charge in [-0.3, -0.25) is 9.38 Å². The first-order valence-electron chi connectivity index (χ1n) is 9.62. The van der Waals surface area contributed by atoms with Crippen LogP contribution >= 0.6 is 11.6 Å². The van der Waals surface area contributed by atoms with Crippen LogP contribution in [0, 0.1) is 5.41 Å². The Labute approximate surface area is 163 Å². The van der Waals surface area contributed by atoms with Gasteiger partial charge in [0.05, 0.1) is 35.3 Å². The van der Waals surface area contributed by atoms with Crippen molar-refractivity contribution in [1.82, 2.24) is 19.7 Å². The number of fused-ring (bicyclic) bond motifs is 1. The molecule has 5 rings (SSSR count). The first kappa shape index (κ1) is 17.2. The number of aromatic nitrogens is 3. The SMILES string of the molecule is Clc1ccc2ncc(-c3cccc(C[C@@H]4CC5(CCNCC5)CO4)n3)n2c1. The number of halogens is 1. The molecule has 1 atom stereocenters. The van der Waals surface area contributed by atoms with E-state index in [-0.39, 0.29) is 6.10 Å². The molecular weight excluding hydrogens is 360 g/mol. The van der Waals surface area contributed by atoms with Gasteiger partial charge in [-0.2, -0.15) is 0 Å². The van der Waals surface area contributed by atoms with Crippen LogP contribution in [-0.4, -0.2) is 40.2 Å². The zero-order chi connectivity index (χ0) is 18.3. The second-order valence-electron chi connectivity index (χ2n) is 7.82. The third-order valence-electron chi connectivity index (χ3n) is 5.93. The molecule has 2 aliphatic rings. The molecule has 0 amide bonds. The van der Waals surface area contributed by atoms with Crippen molar-refractivity contribution in [2.24, 2.45) is 5.41 Å². The number of nitrogens with zero attached hydrogens (tertiary/aromatic N) is 3. The number of nitrogens with one attached hydrogen (secondary N) is 1. The fraction of sp³-hybridized carbons (Fsp3) is 0.429. The molecule has 0 bridgehead atoms. The largest absolute Gasteiger partial charge is 0.377 e. The van der Waals surface area contributed by atoms with Crippen LogP contribution in [0.25, 0.3) is 17.0 Å². The topological polar surface area (TPSA) is 51.5 Å². The van der Waals surface area contributed by atoms with Gasteiger partial charge in [0.25, 0.3) is 0 Å². The second kappa shape index (κ2) is 6.89. The summed E-state index contributed by atoms with van der Waals surface area (Å²) in [6.45, 7) is 3.12. The Morgan fingerprint density at radius 3 is 3.00 bits per heavy atom. The highest BCUT2D eigenvalue weighted by Gasteiger charge is 2.40.